The summed E-state index contributed by atoms with van der Waals surface area (Å²) in [6, 6.07) is 5.75. The molecule has 34 heavy (non-hydrogen) atoms. The molecule has 0 saturated carbocycles. The topological polar surface area (TPSA) is 170 Å². The molecule has 4 unspecified atom stereocenters. The SMILES string of the molecule is O=C(CC1CC(CCCNC2N=CCCN2)ON1)NCC(NS(=O)(=O)c1ccccc1)C(=O)O. The highest BCUT2D eigenvalue weighted by Gasteiger charge is 2.29. The maximum absolute atomic E-state index is 12.4. The van der Waals surface area contributed by atoms with Crippen LogP contribution >= 0.6 is 0 Å². The van der Waals surface area contributed by atoms with Crippen molar-refractivity contribution in [3.63, 3.8) is 0 Å². The van der Waals surface area contributed by atoms with Gasteiger partial charge >= 0.3 is 5.97 Å². The molecule has 0 aromatic heterocycles. The lowest BCUT2D eigenvalue weighted by molar-refractivity contribution is -0.138. The van der Waals surface area contributed by atoms with Gasteiger partial charge in [0.1, 0.15) is 6.04 Å². The van der Waals surface area contributed by atoms with Gasteiger partial charge in [-0.05, 0) is 44.4 Å². The molecular weight excluding hydrogens is 464 g/mol. The Morgan fingerprint density at radius 3 is 2.76 bits per heavy atom. The van der Waals surface area contributed by atoms with Crippen LogP contribution in [0.4, 0.5) is 0 Å². The van der Waals surface area contributed by atoms with E-state index in [0.29, 0.717) is 6.42 Å². The second-order valence-electron chi connectivity index (χ2n) is 8.20. The summed E-state index contributed by atoms with van der Waals surface area (Å²) >= 11 is 0. The average molecular weight is 497 g/mol. The first-order valence-electron chi connectivity index (χ1n) is 11.3. The van der Waals surface area contributed by atoms with Crippen LogP contribution in [0.2, 0.25) is 0 Å². The number of carboxylic acids is 1. The van der Waals surface area contributed by atoms with E-state index in [-0.39, 0.29) is 36.3 Å². The molecule has 1 fully saturated rings. The Kier molecular flexibility index (Phi) is 9.92. The number of aliphatic imine (C=N–C) groups is 1. The van der Waals surface area contributed by atoms with Crippen molar-refractivity contribution < 1.29 is 28.0 Å². The summed E-state index contributed by atoms with van der Waals surface area (Å²) in [6.07, 6.45) is 5.23. The highest BCUT2D eigenvalue weighted by atomic mass is 32.2. The van der Waals surface area contributed by atoms with Crippen molar-refractivity contribution in [1.82, 2.24) is 26.2 Å². The largest absolute Gasteiger partial charge is 0.480 e. The van der Waals surface area contributed by atoms with Crippen LogP contribution in [0.1, 0.15) is 32.1 Å². The zero-order valence-corrected chi connectivity index (χ0v) is 19.6. The molecule has 4 atom stereocenters. The van der Waals surface area contributed by atoms with E-state index < -0.39 is 27.9 Å². The molecule has 2 aliphatic heterocycles. The van der Waals surface area contributed by atoms with Crippen molar-refractivity contribution in [2.24, 2.45) is 4.99 Å². The number of carbonyl (C=O) groups excluding carboxylic acids is 1. The number of carboxylic acid groups (broad SMARTS) is 1. The molecule has 1 saturated heterocycles. The maximum Gasteiger partial charge on any atom is 0.323 e. The number of hydrogen-bond acceptors (Lipinski definition) is 9. The minimum atomic E-state index is -4.03. The maximum atomic E-state index is 12.4. The van der Waals surface area contributed by atoms with Gasteiger partial charge in [0.05, 0.1) is 11.0 Å². The Labute approximate surface area is 198 Å². The third-order valence-corrected chi connectivity index (χ3v) is 6.93. The fraction of sp³-hybridized carbons (Fsp3) is 0.571. The zero-order chi connectivity index (χ0) is 24.4. The molecule has 3 rings (SSSR count). The molecule has 1 amide bonds. The number of amides is 1. The van der Waals surface area contributed by atoms with Gasteiger partial charge in [-0.3, -0.25) is 30.1 Å². The highest BCUT2D eigenvalue weighted by Crippen LogP contribution is 2.17. The van der Waals surface area contributed by atoms with E-state index in [4.69, 9.17) is 4.84 Å². The lowest BCUT2D eigenvalue weighted by Crippen LogP contribution is -2.48. The summed E-state index contributed by atoms with van der Waals surface area (Å²) in [5.74, 6) is -1.78. The fourth-order valence-electron chi connectivity index (χ4n) is 3.66. The lowest BCUT2D eigenvalue weighted by Gasteiger charge is -2.19. The second-order valence-corrected chi connectivity index (χ2v) is 9.91. The zero-order valence-electron chi connectivity index (χ0n) is 18.8. The molecule has 0 bridgehead atoms. The van der Waals surface area contributed by atoms with Crippen LogP contribution in [0.15, 0.2) is 40.2 Å². The Morgan fingerprint density at radius 1 is 1.26 bits per heavy atom. The molecule has 0 aliphatic carbocycles. The van der Waals surface area contributed by atoms with E-state index in [1.54, 1.807) is 6.07 Å². The van der Waals surface area contributed by atoms with Crippen molar-refractivity contribution in [2.45, 2.75) is 61.5 Å². The van der Waals surface area contributed by atoms with Crippen LogP contribution < -0.4 is 26.2 Å². The number of aliphatic carboxylic acids is 1. The molecule has 0 spiro atoms. The number of nitrogens with one attached hydrogen (secondary N) is 5. The lowest BCUT2D eigenvalue weighted by atomic mass is 10.0. The molecule has 2 aliphatic rings. The number of nitrogens with zero attached hydrogens (tertiary/aromatic N) is 1. The Balaban J connectivity index is 1.35. The van der Waals surface area contributed by atoms with Crippen molar-refractivity contribution >= 4 is 28.1 Å². The number of benzene rings is 1. The summed E-state index contributed by atoms with van der Waals surface area (Å²) in [4.78, 5) is 33.6. The van der Waals surface area contributed by atoms with Gasteiger partial charge in [-0.25, -0.2) is 8.42 Å². The first-order valence-corrected chi connectivity index (χ1v) is 12.8. The number of sulfonamides is 1. The van der Waals surface area contributed by atoms with E-state index in [1.807, 2.05) is 6.21 Å². The summed E-state index contributed by atoms with van der Waals surface area (Å²) in [5, 5.41) is 18.4. The Hall–Kier alpha value is -2.42. The molecule has 0 radical (unpaired) electrons. The predicted octanol–water partition coefficient (Wildman–Crippen LogP) is -0.696. The van der Waals surface area contributed by atoms with Gasteiger partial charge in [0.2, 0.25) is 15.9 Å². The monoisotopic (exact) mass is 496 g/mol. The molecule has 13 heteroatoms. The van der Waals surface area contributed by atoms with Gasteiger partial charge in [-0.1, -0.05) is 18.2 Å². The van der Waals surface area contributed by atoms with E-state index in [0.717, 1.165) is 32.4 Å². The van der Waals surface area contributed by atoms with Gasteiger partial charge < -0.3 is 10.4 Å². The van der Waals surface area contributed by atoms with Gasteiger partial charge in [-0.2, -0.15) is 10.2 Å². The molecule has 2 heterocycles. The first-order chi connectivity index (χ1) is 16.3. The molecule has 1 aromatic carbocycles. The van der Waals surface area contributed by atoms with Crippen molar-refractivity contribution in [2.75, 3.05) is 19.6 Å². The minimum Gasteiger partial charge on any atom is -0.480 e. The quantitative estimate of drug-likeness (QED) is 0.193. The molecule has 6 N–H and O–H groups in total. The summed E-state index contributed by atoms with van der Waals surface area (Å²) < 4.78 is 26.9. The van der Waals surface area contributed by atoms with Gasteiger partial charge in [0.15, 0.2) is 6.29 Å². The minimum absolute atomic E-state index is 0.0214. The number of hydrogen-bond donors (Lipinski definition) is 6. The van der Waals surface area contributed by atoms with Gasteiger partial charge in [-0.15, -0.1) is 0 Å². The van der Waals surface area contributed by atoms with Crippen LogP contribution in [-0.2, 0) is 24.4 Å². The van der Waals surface area contributed by atoms with Crippen LogP contribution in [0.5, 0.6) is 0 Å². The average Bonchev–Trinajstić information content (AvgIpc) is 3.27. The van der Waals surface area contributed by atoms with Crippen LogP contribution in [0.3, 0.4) is 0 Å². The number of carbonyl (C=O) groups is 2. The summed E-state index contributed by atoms with van der Waals surface area (Å²) in [5.41, 5.74) is 2.85. The molecule has 188 valence electrons. The number of hydroxylamine groups is 1. The van der Waals surface area contributed by atoms with Crippen molar-refractivity contribution in [1.29, 1.82) is 0 Å². The normalized spacial score (nSPS) is 23.5. The smallest absolute Gasteiger partial charge is 0.323 e. The van der Waals surface area contributed by atoms with E-state index in [2.05, 4.69) is 31.1 Å². The van der Waals surface area contributed by atoms with Crippen molar-refractivity contribution in [3.8, 4) is 0 Å². The second kappa shape index (κ2) is 12.9. The standard InChI is InChI=1S/C21H32N6O6S/c28-19(25-14-18(20(29)30)27-34(31,32)17-7-2-1-3-8-17)13-15-12-16(33-26-15)6-4-9-22-21-23-10-5-11-24-21/h1-3,7-8,10,15-16,18,21-22,24,26-27H,4-6,9,11-14H2,(H,25,28)(H,29,30). The first kappa shape index (κ1) is 26.2. The van der Waals surface area contributed by atoms with Gasteiger partial charge in [0, 0.05) is 31.8 Å². The number of rotatable bonds is 13. The third-order valence-electron chi connectivity index (χ3n) is 5.44. The summed E-state index contributed by atoms with van der Waals surface area (Å²) in [7, 11) is -4.03. The van der Waals surface area contributed by atoms with E-state index in [1.165, 1.54) is 24.3 Å². The Morgan fingerprint density at radius 2 is 2.06 bits per heavy atom. The fourth-order valence-corrected chi connectivity index (χ4v) is 4.87. The molecular formula is C21H32N6O6S. The molecule has 12 nitrogen and oxygen atoms in total. The van der Waals surface area contributed by atoms with E-state index in [9.17, 15) is 23.1 Å². The van der Waals surface area contributed by atoms with E-state index >= 15 is 0 Å². The van der Waals surface area contributed by atoms with Gasteiger partial charge in [0.25, 0.3) is 0 Å². The Bertz CT molecular complexity index is 944. The summed E-state index contributed by atoms with van der Waals surface area (Å²) in [6.45, 7) is 1.32. The third kappa shape index (κ3) is 8.42. The predicted molar refractivity (Wildman–Crippen MR) is 124 cm³/mol. The highest BCUT2D eigenvalue weighted by molar-refractivity contribution is 7.89. The van der Waals surface area contributed by atoms with Crippen LogP contribution in [0.25, 0.3) is 0 Å². The molecule has 1 aromatic rings. The van der Waals surface area contributed by atoms with Crippen LogP contribution in [0, 0.1) is 0 Å². The van der Waals surface area contributed by atoms with Crippen LogP contribution in [-0.4, -0.2) is 75.7 Å². The van der Waals surface area contributed by atoms with Crippen molar-refractivity contribution in [3.05, 3.63) is 30.3 Å².